The minimum absolute atomic E-state index is 0.00417. The Hall–Kier alpha value is -2.02. The van der Waals surface area contributed by atoms with Gasteiger partial charge in [-0.25, -0.2) is 14.4 Å². The van der Waals surface area contributed by atoms with Crippen LogP contribution in [-0.4, -0.2) is 29.0 Å². The standard InChI is InChI=1S/C15H17FN4OS/c1-10-9-22-15(18-10)19-14(21)11-4-7-20(8-5-11)13-12(16)3-2-6-17-13/h2-3,6,9,11H,4-5,7-8H2,1H3,(H,18,19,21). The number of amides is 1. The number of piperidine rings is 1. The highest BCUT2D eigenvalue weighted by Gasteiger charge is 2.27. The number of nitrogens with zero attached hydrogens (tertiary/aromatic N) is 3. The maximum atomic E-state index is 13.7. The zero-order chi connectivity index (χ0) is 15.5. The maximum Gasteiger partial charge on any atom is 0.229 e. The number of hydrogen-bond donors (Lipinski definition) is 1. The highest BCUT2D eigenvalue weighted by atomic mass is 32.1. The molecule has 5 nitrogen and oxygen atoms in total. The van der Waals surface area contributed by atoms with Gasteiger partial charge in [0.15, 0.2) is 16.8 Å². The van der Waals surface area contributed by atoms with Crippen LogP contribution in [0.5, 0.6) is 0 Å². The van der Waals surface area contributed by atoms with Crippen molar-refractivity contribution in [2.24, 2.45) is 5.92 Å². The van der Waals surface area contributed by atoms with Gasteiger partial charge in [0, 0.05) is 30.6 Å². The molecule has 0 aliphatic carbocycles. The summed E-state index contributed by atoms with van der Waals surface area (Å²) in [5.41, 5.74) is 0.903. The van der Waals surface area contributed by atoms with E-state index in [-0.39, 0.29) is 17.6 Å². The summed E-state index contributed by atoms with van der Waals surface area (Å²) in [6, 6.07) is 2.99. The van der Waals surface area contributed by atoms with Gasteiger partial charge in [0.2, 0.25) is 5.91 Å². The van der Waals surface area contributed by atoms with Crippen LogP contribution in [0.1, 0.15) is 18.5 Å². The van der Waals surface area contributed by atoms with Gasteiger partial charge in [-0.1, -0.05) is 0 Å². The number of aryl methyl sites for hydroxylation is 1. The first kappa shape index (κ1) is 14.9. The predicted molar refractivity (Wildman–Crippen MR) is 84.6 cm³/mol. The number of carbonyl (C=O) groups is 1. The van der Waals surface area contributed by atoms with Crippen LogP contribution < -0.4 is 10.2 Å². The number of rotatable bonds is 3. The Labute approximate surface area is 132 Å². The summed E-state index contributed by atoms with van der Waals surface area (Å²) in [6.45, 7) is 3.15. The van der Waals surface area contributed by atoms with Crippen molar-refractivity contribution in [1.29, 1.82) is 0 Å². The Morgan fingerprint density at radius 3 is 2.86 bits per heavy atom. The fourth-order valence-corrected chi connectivity index (χ4v) is 3.27. The number of aromatic nitrogens is 2. The summed E-state index contributed by atoms with van der Waals surface area (Å²) in [6.07, 6.45) is 2.96. The van der Waals surface area contributed by atoms with Crippen LogP contribution in [0.25, 0.3) is 0 Å². The molecule has 0 unspecified atom stereocenters. The van der Waals surface area contributed by atoms with Crippen molar-refractivity contribution in [2.75, 3.05) is 23.3 Å². The molecule has 2 aromatic rings. The lowest BCUT2D eigenvalue weighted by Gasteiger charge is -2.32. The molecule has 0 bridgehead atoms. The Morgan fingerprint density at radius 2 is 2.23 bits per heavy atom. The molecular formula is C15H17FN4OS. The summed E-state index contributed by atoms with van der Waals surface area (Å²) in [5, 5.41) is 5.40. The van der Waals surface area contributed by atoms with Crippen molar-refractivity contribution in [2.45, 2.75) is 19.8 Å². The second-order valence-corrected chi connectivity index (χ2v) is 6.21. The van der Waals surface area contributed by atoms with Crippen LogP contribution in [0.3, 0.4) is 0 Å². The van der Waals surface area contributed by atoms with E-state index in [0.717, 1.165) is 5.69 Å². The highest BCUT2D eigenvalue weighted by Crippen LogP contribution is 2.25. The zero-order valence-electron chi connectivity index (χ0n) is 12.3. The molecule has 0 saturated carbocycles. The van der Waals surface area contributed by atoms with Crippen molar-refractivity contribution < 1.29 is 9.18 Å². The summed E-state index contributed by atoms with van der Waals surface area (Å²) in [7, 11) is 0. The number of halogens is 1. The first-order valence-corrected chi connectivity index (χ1v) is 8.10. The van der Waals surface area contributed by atoms with Gasteiger partial charge in [-0.15, -0.1) is 11.3 Å². The number of carbonyl (C=O) groups excluding carboxylic acids is 1. The van der Waals surface area contributed by atoms with Crippen molar-refractivity contribution in [3.8, 4) is 0 Å². The predicted octanol–water partition coefficient (Wildman–Crippen LogP) is 2.84. The van der Waals surface area contributed by atoms with Crippen LogP contribution in [0.2, 0.25) is 0 Å². The molecule has 2 aromatic heterocycles. The van der Waals surface area contributed by atoms with Crippen LogP contribution >= 0.6 is 11.3 Å². The van der Waals surface area contributed by atoms with Gasteiger partial charge in [-0.3, -0.25) is 4.79 Å². The molecule has 0 spiro atoms. The molecule has 1 aliphatic heterocycles. The van der Waals surface area contributed by atoms with E-state index in [1.165, 1.54) is 17.4 Å². The lowest BCUT2D eigenvalue weighted by atomic mass is 9.96. The normalized spacial score (nSPS) is 15.8. The number of hydrogen-bond acceptors (Lipinski definition) is 5. The van der Waals surface area contributed by atoms with E-state index in [9.17, 15) is 9.18 Å². The minimum atomic E-state index is -0.316. The minimum Gasteiger partial charge on any atom is -0.354 e. The molecule has 116 valence electrons. The Bertz CT molecular complexity index is 667. The monoisotopic (exact) mass is 320 g/mol. The molecule has 3 rings (SSSR count). The second-order valence-electron chi connectivity index (χ2n) is 5.35. The van der Waals surface area contributed by atoms with E-state index in [0.29, 0.717) is 36.9 Å². The average Bonchev–Trinajstić information content (AvgIpc) is 2.93. The van der Waals surface area contributed by atoms with Crippen LogP contribution in [0, 0.1) is 18.7 Å². The molecule has 22 heavy (non-hydrogen) atoms. The number of anilines is 2. The third kappa shape index (κ3) is 3.24. The topological polar surface area (TPSA) is 58.1 Å². The van der Waals surface area contributed by atoms with Gasteiger partial charge in [0.25, 0.3) is 0 Å². The lowest BCUT2D eigenvalue weighted by Crippen LogP contribution is -2.39. The molecule has 1 aliphatic rings. The fraction of sp³-hybridized carbons (Fsp3) is 0.400. The second kappa shape index (κ2) is 6.39. The van der Waals surface area contributed by atoms with Gasteiger partial charge in [-0.2, -0.15) is 0 Å². The number of nitrogens with one attached hydrogen (secondary N) is 1. The van der Waals surface area contributed by atoms with Crippen molar-refractivity contribution in [3.05, 3.63) is 35.2 Å². The van der Waals surface area contributed by atoms with Crippen LogP contribution in [-0.2, 0) is 4.79 Å². The first-order valence-electron chi connectivity index (χ1n) is 7.22. The Balaban J connectivity index is 1.57. The largest absolute Gasteiger partial charge is 0.354 e. The molecular weight excluding hydrogens is 303 g/mol. The molecule has 0 atom stereocenters. The van der Waals surface area contributed by atoms with E-state index < -0.39 is 0 Å². The molecule has 1 amide bonds. The summed E-state index contributed by atoms with van der Waals surface area (Å²) in [5.74, 6) is -0.0108. The van der Waals surface area contributed by atoms with E-state index in [1.54, 1.807) is 12.3 Å². The quantitative estimate of drug-likeness (QED) is 0.945. The third-order valence-electron chi connectivity index (χ3n) is 3.75. The molecule has 1 saturated heterocycles. The summed E-state index contributed by atoms with van der Waals surface area (Å²) in [4.78, 5) is 22.5. The smallest absolute Gasteiger partial charge is 0.229 e. The Kier molecular flexibility index (Phi) is 4.33. The third-order valence-corrected chi connectivity index (χ3v) is 4.63. The Morgan fingerprint density at radius 1 is 1.45 bits per heavy atom. The van der Waals surface area contributed by atoms with Crippen molar-refractivity contribution in [1.82, 2.24) is 9.97 Å². The van der Waals surface area contributed by atoms with Gasteiger partial charge in [-0.05, 0) is 31.9 Å². The van der Waals surface area contributed by atoms with Gasteiger partial charge < -0.3 is 10.2 Å². The van der Waals surface area contributed by atoms with Gasteiger partial charge >= 0.3 is 0 Å². The van der Waals surface area contributed by atoms with E-state index in [2.05, 4.69) is 15.3 Å². The summed E-state index contributed by atoms with van der Waals surface area (Å²) >= 11 is 1.43. The number of pyridine rings is 1. The molecule has 0 aromatic carbocycles. The van der Waals surface area contributed by atoms with Crippen LogP contribution in [0.15, 0.2) is 23.7 Å². The van der Waals surface area contributed by atoms with Crippen LogP contribution in [0.4, 0.5) is 15.3 Å². The molecule has 0 radical (unpaired) electrons. The van der Waals surface area contributed by atoms with E-state index >= 15 is 0 Å². The molecule has 1 N–H and O–H groups in total. The zero-order valence-corrected chi connectivity index (χ0v) is 13.1. The van der Waals surface area contributed by atoms with Gasteiger partial charge in [0.1, 0.15) is 0 Å². The number of thiazole rings is 1. The SMILES string of the molecule is Cc1csc(NC(=O)C2CCN(c3ncccc3F)CC2)n1. The molecule has 1 fully saturated rings. The lowest BCUT2D eigenvalue weighted by molar-refractivity contribution is -0.120. The summed E-state index contributed by atoms with van der Waals surface area (Å²) < 4.78 is 13.7. The van der Waals surface area contributed by atoms with E-state index in [4.69, 9.17) is 0 Å². The first-order chi connectivity index (χ1) is 10.6. The molecule has 3 heterocycles. The van der Waals surface area contributed by atoms with Crippen molar-refractivity contribution >= 4 is 28.2 Å². The fourth-order valence-electron chi connectivity index (χ4n) is 2.58. The highest BCUT2D eigenvalue weighted by molar-refractivity contribution is 7.13. The van der Waals surface area contributed by atoms with Gasteiger partial charge in [0.05, 0.1) is 5.69 Å². The maximum absolute atomic E-state index is 13.7. The average molecular weight is 320 g/mol. The van der Waals surface area contributed by atoms with E-state index in [1.807, 2.05) is 17.2 Å². The van der Waals surface area contributed by atoms with Crippen molar-refractivity contribution in [3.63, 3.8) is 0 Å². The molecule has 7 heteroatoms.